The van der Waals surface area contributed by atoms with Crippen LogP contribution in [-0.4, -0.2) is 11.2 Å². The molecule has 1 amide bonds. The zero-order valence-electron chi connectivity index (χ0n) is 8.24. The minimum atomic E-state index is -0.212. The Bertz CT molecular complexity index is 310. The van der Waals surface area contributed by atoms with Crippen LogP contribution in [0.5, 0.6) is 0 Å². The molecule has 0 aromatic carbocycles. The maximum atomic E-state index is 11.1. The maximum absolute atomic E-state index is 11.1. The van der Waals surface area contributed by atoms with Crippen molar-refractivity contribution in [3.63, 3.8) is 0 Å². The number of hydrogen-bond acceptors (Lipinski definition) is 4. The number of nitrogens with one attached hydrogen (secondary N) is 1. The molecule has 0 aliphatic rings. The number of hydrogen-bond donors (Lipinski definition) is 2. The van der Waals surface area contributed by atoms with Crippen molar-refractivity contribution in [2.24, 2.45) is 5.84 Å². The second-order valence-electron chi connectivity index (χ2n) is 3.10. The third kappa shape index (κ3) is 3.32. The summed E-state index contributed by atoms with van der Waals surface area (Å²) in [6, 6.07) is 3.79. The first-order valence-electron chi connectivity index (χ1n) is 4.34. The van der Waals surface area contributed by atoms with Gasteiger partial charge >= 0.3 is 0 Å². The van der Waals surface area contributed by atoms with Crippen molar-refractivity contribution in [2.75, 3.05) is 0 Å². The van der Waals surface area contributed by atoms with E-state index in [9.17, 15) is 4.79 Å². The molecule has 0 atom stereocenters. The van der Waals surface area contributed by atoms with E-state index in [1.165, 1.54) is 16.2 Å². The molecule has 0 radical (unpaired) electrons. The number of hydrazine groups is 1. The zero-order chi connectivity index (χ0) is 10.6. The summed E-state index contributed by atoms with van der Waals surface area (Å²) in [4.78, 5) is 13.0. The van der Waals surface area contributed by atoms with Crippen LogP contribution in [0.2, 0.25) is 0 Å². The minimum absolute atomic E-state index is 0.212. The van der Waals surface area contributed by atoms with Crippen LogP contribution < -0.4 is 11.3 Å². The van der Waals surface area contributed by atoms with Crippen LogP contribution >= 0.6 is 23.1 Å². The van der Waals surface area contributed by atoms with Crippen molar-refractivity contribution >= 4 is 29.0 Å². The van der Waals surface area contributed by atoms with Gasteiger partial charge in [0.2, 0.25) is 0 Å². The SMILES string of the molecule is CC(C)SCc1ccc(C(=O)NN)s1. The van der Waals surface area contributed by atoms with Crippen molar-refractivity contribution in [1.82, 2.24) is 5.43 Å². The Balaban J connectivity index is 2.55. The summed E-state index contributed by atoms with van der Waals surface area (Å²) in [5, 5.41) is 0.615. The van der Waals surface area contributed by atoms with E-state index >= 15 is 0 Å². The highest BCUT2D eigenvalue weighted by atomic mass is 32.2. The van der Waals surface area contributed by atoms with Gasteiger partial charge in [0, 0.05) is 10.6 Å². The van der Waals surface area contributed by atoms with Gasteiger partial charge in [0.15, 0.2) is 0 Å². The van der Waals surface area contributed by atoms with Gasteiger partial charge in [-0.25, -0.2) is 5.84 Å². The quantitative estimate of drug-likeness (QED) is 0.472. The first kappa shape index (κ1) is 11.6. The predicted octanol–water partition coefficient (Wildman–Crippen LogP) is 1.99. The van der Waals surface area contributed by atoms with Gasteiger partial charge in [-0.3, -0.25) is 10.2 Å². The molecule has 5 heteroatoms. The smallest absolute Gasteiger partial charge is 0.275 e. The molecule has 1 rings (SSSR count). The van der Waals surface area contributed by atoms with Gasteiger partial charge in [0.25, 0.3) is 5.91 Å². The highest BCUT2D eigenvalue weighted by molar-refractivity contribution is 7.99. The van der Waals surface area contributed by atoms with Crippen molar-refractivity contribution in [3.8, 4) is 0 Å². The second-order valence-corrected chi connectivity index (χ2v) is 5.83. The Labute approximate surface area is 92.0 Å². The molecule has 3 nitrogen and oxygen atoms in total. The van der Waals surface area contributed by atoms with Gasteiger partial charge in [0.05, 0.1) is 4.88 Å². The lowest BCUT2D eigenvalue weighted by molar-refractivity contribution is 0.0957. The number of carbonyl (C=O) groups excluding carboxylic acids is 1. The fraction of sp³-hybridized carbons (Fsp3) is 0.444. The van der Waals surface area contributed by atoms with E-state index in [4.69, 9.17) is 5.84 Å². The lowest BCUT2D eigenvalue weighted by atomic mass is 10.4. The number of rotatable bonds is 4. The first-order chi connectivity index (χ1) is 6.63. The molecule has 0 aliphatic carbocycles. The van der Waals surface area contributed by atoms with Crippen molar-refractivity contribution in [3.05, 3.63) is 21.9 Å². The Morgan fingerprint density at radius 2 is 2.36 bits per heavy atom. The van der Waals surface area contributed by atoms with E-state index in [0.29, 0.717) is 10.1 Å². The Morgan fingerprint density at radius 3 is 2.93 bits per heavy atom. The maximum Gasteiger partial charge on any atom is 0.275 e. The Hall–Kier alpha value is -0.520. The molecule has 0 aliphatic heterocycles. The summed E-state index contributed by atoms with van der Waals surface area (Å²) in [7, 11) is 0. The number of amides is 1. The monoisotopic (exact) mass is 230 g/mol. The molecule has 1 heterocycles. The molecule has 3 N–H and O–H groups in total. The van der Waals surface area contributed by atoms with E-state index < -0.39 is 0 Å². The van der Waals surface area contributed by atoms with Crippen LogP contribution in [0.1, 0.15) is 28.4 Å². The molecule has 78 valence electrons. The normalized spacial score (nSPS) is 10.6. The lowest BCUT2D eigenvalue weighted by Gasteiger charge is -2.01. The van der Waals surface area contributed by atoms with E-state index in [0.717, 1.165) is 5.75 Å². The van der Waals surface area contributed by atoms with E-state index in [1.54, 1.807) is 0 Å². The summed E-state index contributed by atoms with van der Waals surface area (Å²) in [5.74, 6) is 5.78. The van der Waals surface area contributed by atoms with Crippen LogP contribution in [0.3, 0.4) is 0 Å². The summed E-state index contributed by atoms with van der Waals surface area (Å²) in [5.41, 5.74) is 2.12. The molecule has 0 bridgehead atoms. The van der Waals surface area contributed by atoms with Gasteiger partial charge < -0.3 is 0 Å². The molecule has 14 heavy (non-hydrogen) atoms. The molecular formula is C9H14N2OS2. The standard InChI is InChI=1S/C9H14N2OS2/c1-6(2)13-5-7-3-4-8(14-7)9(12)11-10/h3-4,6H,5,10H2,1-2H3,(H,11,12). The molecule has 0 saturated carbocycles. The second kappa shape index (κ2) is 5.38. The van der Waals surface area contributed by atoms with Crippen LogP contribution in [-0.2, 0) is 5.75 Å². The van der Waals surface area contributed by atoms with Gasteiger partial charge in [-0.1, -0.05) is 13.8 Å². The first-order valence-corrected chi connectivity index (χ1v) is 6.21. The van der Waals surface area contributed by atoms with Gasteiger partial charge in [0.1, 0.15) is 0 Å². The van der Waals surface area contributed by atoms with Gasteiger partial charge in [-0.2, -0.15) is 11.8 Å². The topological polar surface area (TPSA) is 55.1 Å². The average Bonchev–Trinajstić information content (AvgIpc) is 2.62. The van der Waals surface area contributed by atoms with Crippen LogP contribution in [0.25, 0.3) is 0 Å². The third-order valence-corrected chi connectivity index (χ3v) is 3.99. The fourth-order valence-electron chi connectivity index (χ4n) is 0.897. The summed E-state index contributed by atoms with van der Waals surface area (Å²) < 4.78 is 0. The van der Waals surface area contributed by atoms with E-state index in [2.05, 4.69) is 19.3 Å². The molecule has 0 saturated heterocycles. The van der Waals surface area contributed by atoms with Gasteiger partial charge in [-0.15, -0.1) is 11.3 Å². The molecule has 0 fully saturated rings. The Morgan fingerprint density at radius 1 is 1.64 bits per heavy atom. The van der Waals surface area contributed by atoms with Gasteiger partial charge in [-0.05, 0) is 17.4 Å². The molecule has 1 aromatic rings. The third-order valence-electron chi connectivity index (χ3n) is 1.58. The van der Waals surface area contributed by atoms with Crippen LogP contribution in [0, 0.1) is 0 Å². The Kier molecular flexibility index (Phi) is 4.44. The highest BCUT2D eigenvalue weighted by Crippen LogP contribution is 2.23. The van der Waals surface area contributed by atoms with Crippen LogP contribution in [0.15, 0.2) is 12.1 Å². The fourth-order valence-corrected chi connectivity index (χ4v) is 2.64. The van der Waals surface area contributed by atoms with Crippen molar-refractivity contribution < 1.29 is 4.79 Å². The largest absolute Gasteiger partial charge is 0.289 e. The van der Waals surface area contributed by atoms with Crippen LogP contribution in [0.4, 0.5) is 0 Å². The van der Waals surface area contributed by atoms with Crippen molar-refractivity contribution in [2.45, 2.75) is 24.9 Å². The number of thioether (sulfide) groups is 1. The summed E-state index contributed by atoms with van der Waals surface area (Å²) in [6.45, 7) is 4.32. The van der Waals surface area contributed by atoms with E-state index in [1.807, 2.05) is 23.9 Å². The van der Waals surface area contributed by atoms with Crippen molar-refractivity contribution in [1.29, 1.82) is 0 Å². The highest BCUT2D eigenvalue weighted by Gasteiger charge is 2.07. The molecular weight excluding hydrogens is 216 g/mol. The lowest BCUT2D eigenvalue weighted by Crippen LogP contribution is -2.29. The minimum Gasteiger partial charge on any atom is -0.289 e. The van der Waals surface area contributed by atoms with E-state index in [-0.39, 0.29) is 5.91 Å². The molecule has 1 aromatic heterocycles. The number of carbonyl (C=O) groups is 1. The number of nitrogen functional groups attached to an aromatic ring is 1. The molecule has 0 unspecified atom stereocenters. The predicted molar refractivity (Wildman–Crippen MR) is 62.4 cm³/mol. The zero-order valence-corrected chi connectivity index (χ0v) is 9.87. The summed E-state index contributed by atoms with van der Waals surface area (Å²) >= 11 is 3.36. The molecule has 0 spiro atoms. The number of nitrogens with two attached hydrogens (primary N) is 1. The number of thiophene rings is 1. The summed E-state index contributed by atoms with van der Waals surface area (Å²) in [6.07, 6.45) is 0. The average molecular weight is 230 g/mol.